The second-order valence-electron chi connectivity index (χ2n) is 6.88. The summed E-state index contributed by atoms with van der Waals surface area (Å²) in [7, 11) is 0. The monoisotopic (exact) mass is 606 g/mol. The third-order valence-corrected chi connectivity index (χ3v) is 5.17. The first-order valence-electron chi connectivity index (χ1n) is 10.7. The number of fused-ring (bicyclic) bond motifs is 3. The summed E-state index contributed by atoms with van der Waals surface area (Å²) in [5.41, 5.74) is 1.54. The minimum absolute atomic E-state index is 0. The van der Waals surface area contributed by atoms with Crippen LogP contribution in [-0.4, -0.2) is 21.8 Å². The molecule has 1 aromatic heterocycles. The van der Waals surface area contributed by atoms with Crippen molar-refractivity contribution in [3.8, 4) is 28.4 Å². The van der Waals surface area contributed by atoms with Crippen LogP contribution in [0.15, 0.2) is 77.2 Å². The van der Waals surface area contributed by atoms with Crippen LogP contribution < -0.4 is 108 Å². The van der Waals surface area contributed by atoms with Crippen LogP contribution in [0.4, 0.5) is 4.39 Å². The van der Waals surface area contributed by atoms with Gasteiger partial charge in [-0.05, 0) is 54.6 Å². The average molecular weight is 608 g/mol. The minimum atomic E-state index is -0.593. The minimum Gasteiger partial charge on any atom is -1.00 e. The summed E-state index contributed by atoms with van der Waals surface area (Å²) in [6.45, 7) is -0.181. The van der Waals surface area contributed by atoms with Gasteiger partial charge in [0.15, 0.2) is 0 Å². The number of rotatable bonds is 2. The van der Waals surface area contributed by atoms with Crippen LogP contribution in [0.3, 0.4) is 0 Å². The second-order valence-corrected chi connectivity index (χ2v) is 7.75. The van der Waals surface area contributed by atoms with E-state index in [2.05, 4.69) is 4.89 Å². The van der Waals surface area contributed by atoms with E-state index in [1.807, 2.05) is 12.1 Å². The number of hydrogen-bond acceptors (Lipinski definition) is 7. The Balaban J connectivity index is -0.000000547. The molecule has 0 spiro atoms. The van der Waals surface area contributed by atoms with E-state index in [4.69, 9.17) is 40.6 Å². The molecule has 0 fully saturated rings. The maximum absolute atomic E-state index is 13.6. The Kier molecular flexibility index (Phi) is 14.4. The number of aromatic hydroxyl groups is 3. The van der Waals surface area contributed by atoms with Gasteiger partial charge in [0.25, 0.3) is 6.47 Å². The van der Waals surface area contributed by atoms with Crippen LogP contribution in [0.2, 0.25) is 10.0 Å². The zero-order chi connectivity index (χ0) is 27.5. The number of phenols is 3. The van der Waals surface area contributed by atoms with Crippen molar-refractivity contribution in [2.24, 2.45) is 0 Å². The average Bonchev–Trinajstić information content (AvgIpc) is 3.25. The number of furan rings is 1. The van der Waals surface area contributed by atoms with Crippen LogP contribution >= 0.6 is 23.2 Å². The molecule has 0 bridgehead atoms. The van der Waals surface area contributed by atoms with Crippen molar-refractivity contribution in [3.63, 3.8) is 0 Å². The topological polar surface area (TPSA) is 123 Å². The van der Waals surface area contributed by atoms with Gasteiger partial charge in [0.2, 0.25) is 0 Å². The van der Waals surface area contributed by atoms with Crippen molar-refractivity contribution in [1.29, 1.82) is 0 Å². The SMILES string of the molecule is O=CO[O-].Oc1cccc(O)c1-c1ccc(Cl)cc1F.Oc1cccc2oc3cc(Cl)ccc3c12.[3HH].[3H][3H].[H-].[K+].[K+]. The summed E-state index contributed by atoms with van der Waals surface area (Å²) in [6.07, 6.45) is 0. The zero-order valence-corrected chi connectivity index (χ0v) is 27.4. The van der Waals surface area contributed by atoms with Gasteiger partial charge in [0, 0.05) is 31.5 Å². The summed E-state index contributed by atoms with van der Waals surface area (Å²) < 4.78 is 29.2. The van der Waals surface area contributed by atoms with Crippen molar-refractivity contribution in [2.75, 3.05) is 0 Å². The van der Waals surface area contributed by atoms with Gasteiger partial charge in [-0.2, -0.15) is 0 Å². The number of halogens is 3. The smallest absolute Gasteiger partial charge is 1.00 e. The third-order valence-electron chi connectivity index (χ3n) is 4.70. The number of phenolic OH excluding ortho intramolecular Hbond substituents is 3. The molecule has 37 heavy (non-hydrogen) atoms. The number of hydrogen-bond donors (Lipinski definition) is 3. The fourth-order valence-electron chi connectivity index (χ4n) is 3.28. The van der Waals surface area contributed by atoms with E-state index in [1.165, 1.54) is 30.3 Å². The molecule has 0 amide bonds. The molecule has 0 aliphatic rings. The van der Waals surface area contributed by atoms with Gasteiger partial charge in [-0.1, -0.05) is 35.3 Å². The number of carbonyl (C=O) groups is 1. The fourth-order valence-corrected chi connectivity index (χ4v) is 3.60. The van der Waals surface area contributed by atoms with Crippen molar-refractivity contribution >= 4 is 51.6 Å². The summed E-state index contributed by atoms with van der Waals surface area (Å²) in [4.78, 5) is 11.2. The molecular formula is C25H21Cl2FK2O7. The van der Waals surface area contributed by atoms with E-state index >= 15 is 0 Å². The molecular weight excluding hydrogens is 580 g/mol. The van der Waals surface area contributed by atoms with Gasteiger partial charge in [-0.15, -0.1) is 0 Å². The summed E-state index contributed by atoms with van der Waals surface area (Å²) in [5, 5.41) is 39.8. The van der Waals surface area contributed by atoms with E-state index in [9.17, 15) is 19.7 Å². The molecule has 186 valence electrons. The van der Waals surface area contributed by atoms with Crippen molar-refractivity contribution in [3.05, 3.63) is 88.7 Å². The molecule has 0 aliphatic carbocycles. The van der Waals surface area contributed by atoms with Crippen LogP contribution in [0.25, 0.3) is 33.1 Å². The molecule has 0 saturated carbocycles. The van der Waals surface area contributed by atoms with Gasteiger partial charge in [0.1, 0.15) is 34.2 Å². The molecule has 7 nitrogen and oxygen atoms in total. The number of benzene rings is 4. The Hall–Kier alpha value is -0.707. The van der Waals surface area contributed by atoms with E-state index in [0.717, 1.165) is 16.8 Å². The second kappa shape index (κ2) is 16.4. The summed E-state index contributed by atoms with van der Waals surface area (Å²) >= 11 is 11.5. The van der Waals surface area contributed by atoms with Gasteiger partial charge < -0.3 is 31.3 Å². The Labute approximate surface area is 311 Å². The zero-order valence-electron chi connectivity index (χ0n) is 22.6. The molecule has 0 aliphatic heterocycles. The molecule has 0 radical (unpaired) electrons. The third kappa shape index (κ3) is 8.90. The quantitative estimate of drug-likeness (QED) is 0.116. The standard InChI is InChI=1S/C12H8ClFO2.C12H7ClO2.CH2O3.2K.2H2.H/c13-7-4-5-8(9(14)6-7)12-10(15)2-1-3-11(12)16;13-7-4-5-8-11(6-7)15-10-3-1-2-9(14)12(8)10;2-1-4-3;;;;;/h1-6,15-16H;1-6,14H;1,3H;;;2*1H;/q;;;2*+1;;;-1/p-1/i;;;;;1+2T;1+2;. The molecule has 5 aromatic rings. The first-order valence-corrected chi connectivity index (χ1v) is 10.5. The Morgan fingerprint density at radius 1 is 0.892 bits per heavy atom. The largest absolute Gasteiger partial charge is 1.00 e. The van der Waals surface area contributed by atoms with Gasteiger partial charge in [-0.25, -0.2) is 4.39 Å². The van der Waals surface area contributed by atoms with Crippen LogP contribution in [0, 0.1) is 5.82 Å². The Morgan fingerprint density at radius 2 is 1.43 bits per heavy atom. The van der Waals surface area contributed by atoms with E-state index in [1.54, 1.807) is 24.3 Å². The Morgan fingerprint density at radius 3 is 2.03 bits per heavy atom. The molecule has 1 heterocycles. The van der Waals surface area contributed by atoms with E-state index in [0.29, 0.717) is 16.2 Å². The maximum atomic E-state index is 13.6. The van der Waals surface area contributed by atoms with Crippen LogP contribution in [-0.2, 0) is 9.68 Å². The summed E-state index contributed by atoms with van der Waals surface area (Å²) in [5.74, 6) is -0.722. The molecule has 0 unspecified atom stereocenters. The first-order chi connectivity index (χ1) is 17.8. The molecule has 12 heteroatoms. The normalized spacial score (nSPS) is 9.84. The van der Waals surface area contributed by atoms with Crippen molar-refractivity contribution in [2.45, 2.75) is 0 Å². The van der Waals surface area contributed by atoms with Gasteiger partial charge in [-0.3, -0.25) is 4.79 Å². The van der Waals surface area contributed by atoms with Crippen molar-refractivity contribution in [1.82, 2.24) is 0 Å². The molecule has 4 aromatic carbocycles. The van der Waals surface area contributed by atoms with E-state index in [-0.39, 0.29) is 145 Å². The fraction of sp³-hybridized carbons (Fsp3) is 0. The van der Waals surface area contributed by atoms with Crippen LogP contribution in [0.1, 0.15) is 5.82 Å². The number of carbonyl (C=O) groups excluding carboxylic acids is 1. The van der Waals surface area contributed by atoms with E-state index < -0.39 is 5.82 Å². The van der Waals surface area contributed by atoms with Crippen LogP contribution in [0.5, 0.6) is 17.2 Å². The Bertz CT molecular complexity index is 1490. The predicted octanol–water partition coefficient (Wildman–Crippen LogP) is 0.550. The molecule has 3 N–H and O–H groups in total. The van der Waals surface area contributed by atoms with Gasteiger partial charge in [0.05, 0.1) is 10.9 Å². The summed E-state index contributed by atoms with van der Waals surface area (Å²) in [6, 6.07) is 18.9. The first kappa shape index (κ1) is 32.5. The molecule has 0 atom stereocenters. The van der Waals surface area contributed by atoms with Crippen molar-refractivity contribution < 1.29 is 148 Å². The molecule has 5 rings (SSSR count). The molecule has 0 saturated heterocycles. The maximum Gasteiger partial charge on any atom is 1.00 e. The van der Waals surface area contributed by atoms with Gasteiger partial charge >= 0.3 is 103 Å². The predicted molar refractivity (Wildman–Crippen MR) is 133 cm³/mol.